The van der Waals surface area contributed by atoms with E-state index < -0.39 is 5.41 Å². The van der Waals surface area contributed by atoms with Gasteiger partial charge in [0.25, 0.3) is 0 Å². The summed E-state index contributed by atoms with van der Waals surface area (Å²) in [5, 5.41) is 1.00. The molecule has 2 heterocycles. The monoisotopic (exact) mass is 465 g/mol. The molecule has 1 aromatic heterocycles. The predicted octanol–water partition coefficient (Wildman–Crippen LogP) is 4.84. The second-order valence-electron chi connectivity index (χ2n) is 8.09. The first-order valence-corrected chi connectivity index (χ1v) is 10.7. The molecule has 0 saturated carbocycles. The molecule has 0 aliphatic carbocycles. The van der Waals surface area contributed by atoms with Crippen LogP contribution in [-0.2, 0) is 16.6 Å². The Balaban J connectivity index is 0.00000160. The molecule has 30 heavy (non-hydrogen) atoms. The molecule has 0 spiro atoms. The van der Waals surface area contributed by atoms with Crippen molar-refractivity contribution in [3.05, 3.63) is 65.2 Å². The van der Waals surface area contributed by atoms with Crippen LogP contribution in [0.1, 0.15) is 30.8 Å². The smallest absolute Gasteiger partial charge is 0.233 e. The number of likely N-dealkylation sites (tertiary alicyclic amines) is 1. The van der Waals surface area contributed by atoms with E-state index in [0.717, 1.165) is 33.8 Å². The summed E-state index contributed by atoms with van der Waals surface area (Å²) in [5.41, 5.74) is 7.30. The number of carbonyl (C=O) groups is 1. The number of rotatable bonds is 5. The average Bonchev–Trinajstić information content (AvgIpc) is 3.30. The largest absolute Gasteiger partial charge is 0.339 e. The van der Waals surface area contributed by atoms with Gasteiger partial charge in [-0.1, -0.05) is 42.5 Å². The number of thiazole rings is 1. The van der Waals surface area contributed by atoms with Gasteiger partial charge in [0.1, 0.15) is 0 Å². The van der Waals surface area contributed by atoms with Crippen LogP contribution < -0.4 is 5.73 Å². The van der Waals surface area contributed by atoms with E-state index in [4.69, 9.17) is 10.7 Å². The molecule has 4 nitrogen and oxygen atoms in total. The van der Waals surface area contributed by atoms with Gasteiger partial charge in [0.15, 0.2) is 0 Å². The minimum absolute atomic E-state index is 0. The Morgan fingerprint density at radius 3 is 2.47 bits per heavy atom. The molecular weight excluding hydrogens is 437 g/mol. The number of aromatic nitrogens is 1. The summed E-state index contributed by atoms with van der Waals surface area (Å²) in [6, 6.07) is 18.5. The van der Waals surface area contributed by atoms with Gasteiger partial charge < -0.3 is 10.6 Å². The summed E-state index contributed by atoms with van der Waals surface area (Å²) in [7, 11) is 0. The molecule has 0 radical (unpaired) electrons. The molecule has 1 saturated heterocycles. The normalized spacial score (nSPS) is 20.3. The summed E-state index contributed by atoms with van der Waals surface area (Å²) in [4.78, 5) is 20.7. The van der Waals surface area contributed by atoms with Crippen molar-refractivity contribution in [1.29, 1.82) is 0 Å². The number of para-hydroxylation sites is 1. The summed E-state index contributed by atoms with van der Waals surface area (Å²) < 4.78 is 1.16. The maximum atomic E-state index is 13.8. The van der Waals surface area contributed by atoms with Crippen LogP contribution in [0.15, 0.2) is 54.6 Å². The summed E-state index contributed by atoms with van der Waals surface area (Å²) in [6.07, 6.45) is 1.58. The van der Waals surface area contributed by atoms with Crippen LogP contribution >= 0.6 is 36.2 Å². The van der Waals surface area contributed by atoms with Gasteiger partial charge in [-0.2, -0.15) is 0 Å². The first-order valence-electron chi connectivity index (χ1n) is 9.92. The highest BCUT2D eigenvalue weighted by molar-refractivity contribution is 7.18. The van der Waals surface area contributed by atoms with E-state index >= 15 is 0 Å². The highest BCUT2D eigenvalue weighted by atomic mass is 35.5. The Morgan fingerprint density at radius 1 is 1.17 bits per heavy atom. The lowest BCUT2D eigenvalue weighted by molar-refractivity contribution is -0.137. The van der Waals surface area contributed by atoms with Crippen LogP contribution in [0.4, 0.5) is 0 Å². The minimum Gasteiger partial charge on any atom is -0.339 e. The van der Waals surface area contributed by atoms with Crippen LogP contribution in [0.25, 0.3) is 10.2 Å². The maximum Gasteiger partial charge on any atom is 0.233 e. The topological polar surface area (TPSA) is 59.2 Å². The summed E-state index contributed by atoms with van der Waals surface area (Å²) in [6.45, 7) is 5.59. The van der Waals surface area contributed by atoms with Crippen LogP contribution in [0.2, 0.25) is 0 Å². The number of hydrogen-bond acceptors (Lipinski definition) is 4. The van der Waals surface area contributed by atoms with E-state index in [2.05, 4.69) is 32.0 Å². The number of nitrogens with zero attached hydrogens (tertiary/aromatic N) is 2. The predicted molar refractivity (Wildman–Crippen MR) is 130 cm³/mol. The number of hydrogen-bond donors (Lipinski definition) is 1. The van der Waals surface area contributed by atoms with Gasteiger partial charge in [-0.3, -0.25) is 4.79 Å². The zero-order valence-electron chi connectivity index (χ0n) is 17.3. The Bertz CT molecular complexity index is 948. The van der Waals surface area contributed by atoms with Gasteiger partial charge in [0.2, 0.25) is 5.91 Å². The molecule has 3 unspecified atom stereocenters. The van der Waals surface area contributed by atoms with Gasteiger partial charge >= 0.3 is 0 Å². The lowest BCUT2D eigenvalue weighted by atomic mass is 9.78. The third-order valence-corrected chi connectivity index (χ3v) is 7.02. The van der Waals surface area contributed by atoms with Crippen molar-refractivity contribution in [3.63, 3.8) is 0 Å². The highest BCUT2D eigenvalue weighted by Crippen LogP contribution is 2.36. The SMILES string of the molecule is CC1CC(CN)CN1C(=O)C(C)(Cc1nc2ccccc2s1)c1ccccc1.Cl.Cl. The zero-order valence-corrected chi connectivity index (χ0v) is 19.7. The van der Waals surface area contributed by atoms with Crippen LogP contribution in [0.5, 0.6) is 0 Å². The minimum atomic E-state index is -0.646. The number of halogens is 2. The number of benzene rings is 2. The van der Waals surface area contributed by atoms with Crippen molar-refractivity contribution in [1.82, 2.24) is 9.88 Å². The van der Waals surface area contributed by atoms with E-state index in [0.29, 0.717) is 18.9 Å². The first kappa shape index (κ1) is 24.6. The molecule has 162 valence electrons. The second-order valence-corrected chi connectivity index (χ2v) is 9.21. The standard InChI is InChI=1S/C23H27N3OS.2ClH/c1-16-12-17(14-24)15-26(16)22(27)23(2,18-8-4-3-5-9-18)13-21-25-19-10-6-7-11-20(19)28-21;;/h3-11,16-17H,12-15,24H2,1-2H3;2*1H. The molecule has 2 N–H and O–H groups in total. The molecule has 1 amide bonds. The van der Waals surface area contributed by atoms with Crippen molar-refractivity contribution in [2.24, 2.45) is 11.7 Å². The Hall–Kier alpha value is -1.66. The van der Waals surface area contributed by atoms with Gasteiger partial charge in [-0.25, -0.2) is 4.98 Å². The van der Waals surface area contributed by atoms with Crippen molar-refractivity contribution in [3.8, 4) is 0 Å². The van der Waals surface area contributed by atoms with Gasteiger partial charge in [0, 0.05) is 19.0 Å². The molecule has 1 aliphatic heterocycles. The Labute approximate surface area is 194 Å². The Kier molecular flexibility index (Phi) is 8.28. The molecule has 1 aliphatic rings. The molecule has 4 rings (SSSR count). The van der Waals surface area contributed by atoms with E-state index in [1.54, 1.807) is 11.3 Å². The van der Waals surface area contributed by atoms with Gasteiger partial charge in [-0.05, 0) is 50.4 Å². The lowest BCUT2D eigenvalue weighted by Crippen LogP contribution is -2.48. The van der Waals surface area contributed by atoms with E-state index in [-0.39, 0.29) is 36.8 Å². The summed E-state index contributed by atoms with van der Waals surface area (Å²) in [5.74, 6) is 0.572. The van der Waals surface area contributed by atoms with Crippen molar-refractivity contribution in [2.75, 3.05) is 13.1 Å². The van der Waals surface area contributed by atoms with E-state index in [1.165, 1.54) is 0 Å². The third-order valence-electron chi connectivity index (χ3n) is 5.98. The average molecular weight is 466 g/mol. The molecule has 2 aromatic carbocycles. The second kappa shape index (κ2) is 10.1. The molecule has 7 heteroatoms. The van der Waals surface area contributed by atoms with Crippen LogP contribution in [0, 0.1) is 5.92 Å². The molecule has 1 fully saturated rings. The fourth-order valence-electron chi connectivity index (χ4n) is 4.32. The fourth-order valence-corrected chi connectivity index (χ4v) is 5.44. The van der Waals surface area contributed by atoms with Crippen molar-refractivity contribution < 1.29 is 4.79 Å². The van der Waals surface area contributed by atoms with Crippen LogP contribution in [-0.4, -0.2) is 34.9 Å². The molecule has 3 aromatic rings. The molecule has 0 bridgehead atoms. The molecular formula is C23H29Cl2N3OS. The third kappa shape index (κ3) is 4.65. The number of nitrogens with two attached hydrogens (primary N) is 1. The van der Waals surface area contributed by atoms with Crippen LogP contribution in [0.3, 0.4) is 0 Å². The number of fused-ring (bicyclic) bond motifs is 1. The van der Waals surface area contributed by atoms with E-state index in [1.807, 2.05) is 41.3 Å². The van der Waals surface area contributed by atoms with Crippen molar-refractivity contribution in [2.45, 2.75) is 38.1 Å². The molecule has 3 atom stereocenters. The van der Waals surface area contributed by atoms with Crippen molar-refractivity contribution >= 4 is 52.3 Å². The highest BCUT2D eigenvalue weighted by Gasteiger charge is 2.43. The lowest BCUT2D eigenvalue weighted by Gasteiger charge is -2.35. The maximum absolute atomic E-state index is 13.8. The van der Waals surface area contributed by atoms with Gasteiger partial charge in [-0.15, -0.1) is 36.2 Å². The fraction of sp³-hybridized carbons (Fsp3) is 0.391. The number of carbonyl (C=O) groups excluding carboxylic acids is 1. The quantitative estimate of drug-likeness (QED) is 0.586. The Morgan fingerprint density at radius 2 is 1.83 bits per heavy atom. The van der Waals surface area contributed by atoms with E-state index in [9.17, 15) is 4.79 Å². The van der Waals surface area contributed by atoms with Gasteiger partial charge in [0.05, 0.1) is 20.6 Å². The number of amides is 1. The first-order chi connectivity index (χ1) is 13.5. The summed E-state index contributed by atoms with van der Waals surface area (Å²) >= 11 is 1.68. The zero-order chi connectivity index (χ0) is 19.7.